The summed E-state index contributed by atoms with van der Waals surface area (Å²) < 4.78 is 5.12. The lowest BCUT2D eigenvalue weighted by Crippen LogP contribution is -2.50. The number of rotatable bonds is 4. The van der Waals surface area contributed by atoms with Crippen molar-refractivity contribution in [1.29, 1.82) is 0 Å². The van der Waals surface area contributed by atoms with Crippen LogP contribution in [-0.4, -0.2) is 49.5 Å². The molecule has 3 nitrogen and oxygen atoms in total. The topological polar surface area (TPSA) is 32.7 Å². The van der Waals surface area contributed by atoms with Crippen LogP contribution in [-0.2, 0) is 4.74 Å². The predicted molar refractivity (Wildman–Crippen MR) is 43.5 cm³/mol. The van der Waals surface area contributed by atoms with Gasteiger partial charge in [0.25, 0.3) is 0 Å². The lowest BCUT2D eigenvalue weighted by Gasteiger charge is -2.39. The van der Waals surface area contributed by atoms with Crippen LogP contribution in [0.5, 0.6) is 0 Å². The highest BCUT2D eigenvalue weighted by Gasteiger charge is 2.26. The molecule has 0 radical (unpaired) electrons. The van der Waals surface area contributed by atoms with Gasteiger partial charge < -0.3 is 9.84 Å². The Labute approximate surface area is 68.0 Å². The van der Waals surface area contributed by atoms with E-state index in [0.717, 1.165) is 19.6 Å². The average Bonchev–Trinajstić information content (AvgIpc) is 1.95. The maximum atomic E-state index is 8.74. The summed E-state index contributed by atoms with van der Waals surface area (Å²) in [7, 11) is 1.73. The van der Waals surface area contributed by atoms with Crippen LogP contribution in [0.1, 0.15) is 6.92 Å². The molecule has 0 bridgehead atoms. The minimum absolute atomic E-state index is 0.314. The fourth-order valence-electron chi connectivity index (χ4n) is 1.38. The number of nitrogens with zero attached hydrogens (tertiary/aromatic N) is 1. The van der Waals surface area contributed by atoms with Crippen molar-refractivity contribution in [2.75, 3.05) is 33.4 Å². The SMILES string of the molecule is COC(C)CN1CC(CO)C1. The first-order chi connectivity index (χ1) is 5.26. The maximum Gasteiger partial charge on any atom is 0.0670 e. The number of aliphatic hydroxyl groups is 1. The minimum atomic E-state index is 0.314. The highest BCUT2D eigenvalue weighted by molar-refractivity contribution is 4.79. The van der Waals surface area contributed by atoms with Crippen LogP contribution < -0.4 is 0 Å². The average molecular weight is 159 g/mol. The maximum absolute atomic E-state index is 8.74. The van der Waals surface area contributed by atoms with E-state index in [9.17, 15) is 0 Å². The number of ether oxygens (including phenoxy) is 1. The molecular weight excluding hydrogens is 142 g/mol. The monoisotopic (exact) mass is 159 g/mol. The second kappa shape index (κ2) is 4.04. The summed E-state index contributed by atoms with van der Waals surface area (Å²) in [5, 5.41) is 8.74. The van der Waals surface area contributed by atoms with Crippen LogP contribution in [0.4, 0.5) is 0 Å². The van der Waals surface area contributed by atoms with E-state index in [1.807, 2.05) is 0 Å². The molecule has 0 spiro atoms. The van der Waals surface area contributed by atoms with Gasteiger partial charge in [-0.15, -0.1) is 0 Å². The van der Waals surface area contributed by atoms with Crippen molar-refractivity contribution >= 4 is 0 Å². The number of aliphatic hydroxyl groups excluding tert-OH is 1. The van der Waals surface area contributed by atoms with Crippen LogP contribution in [0.25, 0.3) is 0 Å². The Kier molecular flexibility index (Phi) is 3.30. The largest absolute Gasteiger partial charge is 0.396 e. The molecule has 1 atom stereocenters. The van der Waals surface area contributed by atoms with Gasteiger partial charge in [0.15, 0.2) is 0 Å². The van der Waals surface area contributed by atoms with Gasteiger partial charge in [0, 0.05) is 39.3 Å². The van der Waals surface area contributed by atoms with E-state index >= 15 is 0 Å². The normalized spacial score (nSPS) is 23.2. The van der Waals surface area contributed by atoms with Crippen molar-refractivity contribution in [1.82, 2.24) is 4.90 Å². The standard InChI is InChI=1S/C8H17NO2/c1-7(11-2)3-9-4-8(5-9)6-10/h7-8,10H,3-6H2,1-2H3. The lowest BCUT2D eigenvalue weighted by molar-refractivity contribution is 0.00636. The number of hydrogen-bond donors (Lipinski definition) is 1. The third kappa shape index (κ3) is 2.43. The zero-order valence-electron chi connectivity index (χ0n) is 7.29. The molecule has 1 aliphatic rings. The Morgan fingerprint density at radius 3 is 2.73 bits per heavy atom. The lowest BCUT2D eigenvalue weighted by atomic mass is 10.0. The molecule has 0 aromatic heterocycles. The molecule has 0 saturated carbocycles. The Hall–Kier alpha value is -0.120. The molecule has 1 rings (SSSR count). The van der Waals surface area contributed by atoms with E-state index in [0.29, 0.717) is 18.6 Å². The molecule has 0 amide bonds. The summed E-state index contributed by atoms with van der Waals surface area (Å²) in [4.78, 5) is 2.30. The molecule has 11 heavy (non-hydrogen) atoms. The number of hydrogen-bond acceptors (Lipinski definition) is 3. The van der Waals surface area contributed by atoms with Crippen molar-refractivity contribution in [2.24, 2.45) is 5.92 Å². The van der Waals surface area contributed by atoms with Crippen LogP contribution >= 0.6 is 0 Å². The van der Waals surface area contributed by atoms with Crippen LogP contribution in [0.15, 0.2) is 0 Å². The molecule has 1 N–H and O–H groups in total. The van der Waals surface area contributed by atoms with E-state index in [1.54, 1.807) is 7.11 Å². The Morgan fingerprint density at radius 1 is 1.64 bits per heavy atom. The first kappa shape index (κ1) is 8.97. The summed E-state index contributed by atoms with van der Waals surface area (Å²) in [6, 6.07) is 0. The van der Waals surface area contributed by atoms with Gasteiger partial charge in [-0.05, 0) is 6.92 Å². The van der Waals surface area contributed by atoms with Gasteiger partial charge in [-0.3, -0.25) is 4.90 Å². The van der Waals surface area contributed by atoms with Crippen LogP contribution in [0.3, 0.4) is 0 Å². The second-order valence-corrected chi connectivity index (χ2v) is 3.31. The first-order valence-electron chi connectivity index (χ1n) is 4.12. The second-order valence-electron chi connectivity index (χ2n) is 3.31. The molecule has 0 aromatic rings. The van der Waals surface area contributed by atoms with Crippen molar-refractivity contribution in [3.05, 3.63) is 0 Å². The van der Waals surface area contributed by atoms with Crippen molar-refractivity contribution < 1.29 is 9.84 Å². The van der Waals surface area contributed by atoms with E-state index in [1.165, 1.54) is 0 Å². The Balaban J connectivity index is 2.04. The van der Waals surface area contributed by atoms with Gasteiger partial charge in [0.05, 0.1) is 6.10 Å². The molecule has 66 valence electrons. The van der Waals surface area contributed by atoms with Gasteiger partial charge in [0.2, 0.25) is 0 Å². The highest BCUT2D eigenvalue weighted by Crippen LogP contribution is 2.14. The summed E-state index contributed by atoms with van der Waals surface area (Å²) in [5.41, 5.74) is 0. The number of methoxy groups -OCH3 is 1. The summed E-state index contributed by atoms with van der Waals surface area (Å²) >= 11 is 0. The van der Waals surface area contributed by atoms with Crippen LogP contribution in [0.2, 0.25) is 0 Å². The molecule has 1 unspecified atom stereocenters. The van der Waals surface area contributed by atoms with Gasteiger partial charge in [-0.2, -0.15) is 0 Å². The molecule has 1 aliphatic heterocycles. The molecule has 1 fully saturated rings. The van der Waals surface area contributed by atoms with Gasteiger partial charge in [-0.25, -0.2) is 0 Å². The Morgan fingerprint density at radius 2 is 2.27 bits per heavy atom. The summed E-state index contributed by atoms with van der Waals surface area (Å²) in [6.07, 6.45) is 0.314. The fourth-order valence-corrected chi connectivity index (χ4v) is 1.38. The Bertz CT molecular complexity index is 113. The summed E-state index contributed by atoms with van der Waals surface area (Å²) in [5.74, 6) is 0.513. The first-order valence-corrected chi connectivity index (χ1v) is 4.12. The third-order valence-corrected chi connectivity index (χ3v) is 2.21. The van der Waals surface area contributed by atoms with Crippen molar-refractivity contribution in [3.63, 3.8) is 0 Å². The molecule has 1 heterocycles. The van der Waals surface area contributed by atoms with Crippen LogP contribution in [0, 0.1) is 5.92 Å². The highest BCUT2D eigenvalue weighted by atomic mass is 16.5. The smallest absolute Gasteiger partial charge is 0.0670 e. The summed E-state index contributed by atoms with van der Waals surface area (Å²) in [6.45, 7) is 5.45. The molecular formula is C8H17NO2. The van der Waals surface area contributed by atoms with Crippen molar-refractivity contribution in [2.45, 2.75) is 13.0 Å². The number of likely N-dealkylation sites (tertiary alicyclic amines) is 1. The quantitative estimate of drug-likeness (QED) is 0.624. The van der Waals surface area contributed by atoms with E-state index in [-0.39, 0.29) is 0 Å². The third-order valence-electron chi connectivity index (χ3n) is 2.21. The molecule has 1 saturated heterocycles. The molecule has 3 heteroatoms. The molecule has 0 aromatic carbocycles. The fraction of sp³-hybridized carbons (Fsp3) is 1.00. The zero-order valence-corrected chi connectivity index (χ0v) is 7.29. The van der Waals surface area contributed by atoms with Gasteiger partial charge in [0.1, 0.15) is 0 Å². The minimum Gasteiger partial charge on any atom is -0.396 e. The van der Waals surface area contributed by atoms with Gasteiger partial charge >= 0.3 is 0 Å². The van der Waals surface area contributed by atoms with E-state index < -0.39 is 0 Å². The zero-order chi connectivity index (χ0) is 8.27. The van der Waals surface area contributed by atoms with Gasteiger partial charge in [-0.1, -0.05) is 0 Å². The van der Waals surface area contributed by atoms with E-state index in [2.05, 4.69) is 11.8 Å². The van der Waals surface area contributed by atoms with Crippen molar-refractivity contribution in [3.8, 4) is 0 Å². The molecule has 0 aliphatic carbocycles. The van der Waals surface area contributed by atoms with E-state index in [4.69, 9.17) is 9.84 Å². The predicted octanol–water partition coefficient (Wildman–Crippen LogP) is -0.0546.